The number of hydrogen-bond acceptors (Lipinski definition) is 6. The molecule has 28 heavy (non-hydrogen) atoms. The predicted molar refractivity (Wildman–Crippen MR) is 113 cm³/mol. The van der Waals surface area contributed by atoms with Crippen molar-refractivity contribution in [2.75, 3.05) is 63.7 Å². The largest absolute Gasteiger partial charge is 0.369 e. The summed E-state index contributed by atoms with van der Waals surface area (Å²) in [6.07, 6.45) is 4.49. The Morgan fingerprint density at radius 2 is 1.93 bits per heavy atom. The molecule has 0 aliphatic carbocycles. The van der Waals surface area contributed by atoms with Crippen molar-refractivity contribution >= 4 is 28.3 Å². The van der Waals surface area contributed by atoms with E-state index in [4.69, 9.17) is 0 Å². The summed E-state index contributed by atoms with van der Waals surface area (Å²) in [6.45, 7) is 5.05. The number of benzene rings is 1. The summed E-state index contributed by atoms with van der Waals surface area (Å²) < 4.78 is 0. The number of fused-ring (bicyclic) bond motifs is 1. The van der Waals surface area contributed by atoms with E-state index in [1.807, 2.05) is 30.9 Å². The average molecular weight is 383 g/mol. The van der Waals surface area contributed by atoms with Gasteiger partial charge in [-0.1, -0.05) is 0 Å². The van der Waals surface area contributed by atoms with Gasteiger partial charge in [0.15, 0.2) is 0 Å². The molecule has 2 aliphatic rings. The monoisotopic (exact) mass is 382 g/mol. The van der Waals surface area contributed by atoms with Crippen LogP contribution in [0.3, 0.4) is 0 Å². The van der Waals surface area contributed by atoms with E-state index in [1.54, 1.807) is 6.33 Å². The molecule has 7 nitrogen and oxygen atoms in total. The number of piperidine rings is 1. The van der Waals surface area contributed by atoms with Gasteiger partial charge in [-0.3, -0.25) is 9.69 Å². The fourth-order valence-electron chi connectivity index (χ4n) is 4.35. The summed E-state index contributed by atoms with van der Waals surface area (Å²) in [5.74, 6) is 1.25. The van der Waals surface area contributed by atoms with Crippen LogP contribution < -0.4 is 9.80 Å². The third-order valence-electron chi connectivity index (χ3n) is 6.10. The van der Waals surface area contributed by atoms with Gasteiger partial charge in [0.05, 0.1) is 5.52 Å². The highest BCUT2D eigenvalue weighted by Gasteiger charge is 2.28. The SMILES string of the molecule is CN(C)c1ncnc2ccc(N3CCN(CC4CCCC(=O)N4C)CC3)cc12. The Bertz CT molecular complexity index is 846. The number of rotatable bonds is 4. The van der Waals surface area contributed by atoms with Crippen molar-refractivity contribution in [3.05, 3.63) is 24.5 Å². The predicted octanol–water partition coefficient (Wildman–Crippen LogP) is 1.83. The van der Waals surface area contributed by atoms with Crippen LogP contribution in [0.2, 0.25) is 0 Å². The van der Waals surface area contributed by atoms with Crippen LogP contribution >= 0.6 is 0 Å². The number of hydrogen-bond donors (Lipinski definition) is 0. The van der Waals surface area contributed by atoms with Gasteiger partial charge < -0.3 is 14.7 Å². The van der Waals surface area contributed by atoms with Gasteiger partial charge in [-0.2, -0.15) is 0 Å². The average Bonchev–Trinajstić information content (AvgIpc) is 2.71. The summed E-state index contributed by atoms with van der Waals surface area (Å²) in [5.41, 5.74) is 2.21. The quantitative estimate of drug-likeness (QED) is 0.804. The van der Waals surface area contributed by atoms with Crippen LogP contribution in [0, 0.1) is 0 Å². The fourth-order valence-corrected chi connectivity index (χ4v) is 4.35. The van der Waals surface area contributed by atoms with Crippen LogP contribution in [0.4, 0.5) is 11.5 Å². The number of likely N-dealkylation sites (tertiary alicyclic amines) is 1. The lowest BCUT2D eigenvalue weighted by atomic mass is 10.0. The van der Waals surface area contributed by atoms with E-state index in [1.165, 1.54) is 5.69 Å². The zero-order chi connectivity index (χ0) is 19.7. The van der Waals surface area contributed by atoms with E-state index in [0.29, 0.717) is 18.4 Å². The van der Waals surface area contributed by atoms with Crippen LogP contribution in [0.15, 0.2) is 24.5 Å². The molecule has 2 fully saturated rings. The number of nitrogens with zero attached hydrogens (tertiary/aromatic N) is 6. The van der Waals surface area contributed by atoms with Gasteiger partial charge in [-0.05, 0) is 31.0 Å². The molecule has 2 saturated heterocycles. The summed E-state index contributed by atoms with van der Waals surface area (Å²) in [4.78, 5) is 29.7. The lowest BCUT2D eigenvalue weighted by Crippen LogP contribution is -2.52. The first-order valence-electron chi connectivity index (χ1n) is 10.2. The Hall–Kier alpha value is -2.41. The van der Waals surface area contributed by atoms with Gasteiger partial charge in [0.2, 0.25) is 5.91 Å². The maximum absolute atomic E-state index is 12.0. The number of piperazine rings is 1. The molecule has 4 rings (SSSR count). The fraction of sp³-hybridized carbons (Fsp3) is 0.571. The smallest absolute Gasteiger partial charge is 0.222 e. The summed E-state index contributed by atoms with van der Waals surface area (Å²) in [6, 6.07) is 6.84. The second-order valence-electron chi connectivity index (χ2n) is 8.13. The van der Waals surface area contributed by atoms with Crippen LogP contribution in [0.5, 0.6) is 0 Å². The molecule has 1 atom stereocenters. The molecule has 0 bridgehead atoms. The van der Waals surface area contributed by atoms with Crippen LogP contribution in [-0.4, -0.2) is 85.6 Å². The Morgan fingerprint density at radius 3 is 2.68 bits per heavy atom. The third kappa shape index (κ3) is 3.76. The minimum absolute atomic E-state index is 0.296. The van der Waals surface area contributed by atoms with Crippen LogP contribution in [-0.2, 0) is 4.79 Å². The number of likely N-dealkylation sites (N-methyl/N-ethyl adjacent to an activating group) is 1. The molecule has 1 aromatic heterocycles. The Balaban J connectivity index is 1.42. The topological polar surface area (TPSA) is 55.8 Å². The lowest BCUT2D eigenvalue weighted by molar-refractivity contribution is -0.135. The van der Waals surface area contributed by atoms with E-state index in [0.717, 1.165) is 62.3 Å². The zero-order valence-electron chi connectivity index (χ0n) is 17.1. The molecule has 3 heterocycles. The number of amides is 1. The second kappa shape index (κ2) is 7.91. The molecule has 0 saturated carbocycles. The molecule has 1 unspecified atom stereocenters. The van der Waals surface area contributed by atoms with E-state index >= 15 is 0 Å². The molecular formula is C21H30N6O. The van der Waals surface area contributed by atoms with Crippen LogP contribution in [0.1, 0.15) is 19.3 Å². The van der Waals surface area contributed by atoms with Crippen molar-refractivity contribution in [1.29, 1.82) is 0 Å². The molecular weight excluding hydrogens is 352 g/mol. The number of carbonyl (C=O) groups is 1. The van der Waals surface area contributed by atoms with Crippen molar-refractivity contribution in [2.45, 2.75) is 25.3 Å². The second-order valence-corrected chi connectivity index (χ2v) is 8.13. The van der Waals surface area contributed by atoms with Gasteiger partial charge in [0, 0.05) is 77.4 Å². The number of carbonyl (C=O) groups excluding carboxylic acids is 1. The molecule has 7 heteroatoms. The highest BCUT2D eigenvalue weighted by molar-refractivity contribution is 5.91. The van der Waals surface area contributed by atoms with Gasteiger partial charge in [0.1, 0.15) is 12.1 Å². The molecule has 1 aromatic carbocycles. The lowest BCUT2D eigenvalue weighted by Gasteiger charge is -2.40. The summed E-state index contributed by atoms with van der Waals surface area (Å²) in [7, 11) is 5.99. The standard InChI is InChI=1S/C21H30N6O/c1-24(2)21-18-13-16(7-8-19(18)22-15-23-21)27-11-9-26(10-12-27)14-17-5-4-6-20(28)25(17)3/h7-8,13,15,17H,4-6,9-12,14H2,1-3H3. The van der Waals surface area contributed by atoms with Crippen molar-refractivity contribution in [3.63, 3.8) is 0 Å². The molecule has 1 amide bonds. The minimum Gasteiger partial charge on any atom is -0.369 e. The van der Waals surface area contributed by atoms with Crippen molar-refractivity contribution < 1.29 is 4.79 Å². The van der Waals surface area contributed by atoms with E-state index in [9.17, 15) is 4.79 Å². The normalized spacial score (nSPS) is 21.4. The van der Waals surface area contributed by atoms with Crippen molar-refractivity contribution in [1.82, 2.24) is 19.8 Å². The van der Waals surface area contributed by atoms with Crippen molar-refractivity contribution in [3.8, 4) is 0 Å². The summed E-state index contributed by atoms with van der Waals surface area (Å²) in [5, 5.41) is 1.09. The van der Waals surface area contributed by atoms with E-state index < -0.39 is 0 Å². The van der Waals surface area contributed by atoms with Gasteiger partial charge in [-0.15, -0.1) is 0 Å². The molecule has 2 aliphatic heterocycles. The maximum Gasteiger partial charge on any atom is 0.222 e. The molecule has 150 valence electrons. The first kappa shape index (κ1) is 18.9. The first-order chi connectivity index (χ1) is 13.5. The summed E-state index contributed by atoms with van der Waals surface area (Å²) >= 11 is 0. The molecule has 2 aromatic rings. The van der Waals surface area contributed by atoms with E-state index in [-0.39, 0.29) is 0 Å². The highest BCUT2D eigenvalue weighted by Crippen LogP contribution is 2.27. The van der Waals surface area contributed by atoms with Gasteiger partial charge in [-0.25, -0.2) is 9.97 Å². The third-order valence-corrected chi connectivity index (χ3v) is 6.10. The molecule has 0 radical (unpaired) electrons. The Labute approximate surface area is 166 Å². The van der Waals surface area contributed by atoms with Crippen molar-refractivity contribution in [2.24, 2.45) is 0 Å². The van der Waals surface area contributed by atoms with E-state index in [2.05, 4.69) is 38.0 Å². The first-order valence-corrected chi connectivity index (χ1v) is 10.2. The Kier molecular flexibility index (Phi) is 5.35. The van der Waals surface area contributed by atoms with Gasteiger partial charge in [0.25, 0.3) is 0 Å². The number of anilines is 2. The minimum atomic E-state index is 0.296. The zero-order valence-corrected chi connectivity index (χ0v) is 17.1. The molecule has 0 N–H and O–H groups in total. The van der Waals surface area contributed by atoms with Gasteiger partial charge >= 0.3 is 0 Å². The highest BCUT2D eigenvalue weighted by atomic mass is 16.2. The molecule has 0 spiro atoms. The Morgan fingerprint density at radius 1 is 1.14 bits per heavy atom. The van der Waals surface area contributed by atoms with Crippen LogP contribution in [0.25, 0.3) is 10.9 Å². The maximum atomic E-state index is 12.0. The number of aromatic nitrogens is 2.